The van der Waals surface area contributed by atoms with Crippen molar-refractivity contribution in [3.05, 3.63) is 67.0 Å². The minimum Gasteiger partial charge on any atom is -0.495 e. The van der Waals surface area contributed by atoms with E-state index in [-0.39, 0.29) is 0 Å². The van der Waals surface area contributed by atoms with Crippen molar-refractivity contribution in [2.24, 2.45) is 0 Å². The molecule has 0 spiro atoms. The summed E-state index contributed by atoms with van der Waals surface area (Å²) in [7, 11) is 1.63. The Labute approximate surface area is 141 Å². The molecule has 0 atom stereocenters. The van der Waals surface area contributed by atoms with Crippen LogP contribution in [0.15, 0.2) is 67.0 Å². The van der Waals surface area contributed by atoms with Gasteiger partial charge in [0.2, 0.25) is 0 Å². The van der Waals surface area contributed by atoms with E-state index in [0.29, 0.717) is 12.1 Å². The van der Waals surface area contributed by atoms with Crippen molar-refractivity contribution in [2.45, 2.75) is 0 Å². The lowest BCUT2D eigenvalue weighted by Crippen LogP contribution is -2.05. The van der Waals surface area contributed by atoms with Gasteiger partial charge >= 0.3 is 0 Å². The van der Waals surface area contributed by atoms with E-state index < -0.39 is 0 Å². The lowest BCUT2D eigenvalue weighted by atomic mass is 10.0. The fraction of sp³-hybridized carbons (Fsp3) is 0.100. The summed E-state index contributed by atoms with van der Waals surface area (Å²) >= 11 is 0. The largest absolute Gasteiger partial charge is 0.495 e. The summed E-state index contributed by atoms with van der Waals surface area (Å²) in [6.07, 6.45) is 3.61. The first-order valence-corrected chi connectivity index (χ1v) is 7.56. The van der Waals surface area contributed by atoms with Crippen LogP contribution in [0.25, 0.3) is 21.9 Å². The number of nitriles is 1. The Balaban J connectivity index is 2.06. The molecule has 1 aromatic heterocycles. The summed E-state index contributed by atoms with van der Waals surface area (Å²) in [5.41, 5.74) is 3.51. The number of anilines is 1. The SMILES string of the molecule is C=C(C#N)CNc1c(OC)ccc2cc(-c3cccnc3)ccc12. The first-order valence-electron chi connectivity index (χ1n) is 7.56. The third kappa shape index (κ3) is 3.06. The fourth-order valence-corrected chi connectivity index (χ4v) is 2.61. The Kier molecular flexibility index (Phi) is 4.44. The zero-order valence-corrected chi connectivity index (χ0v) is 13.4. The van der Waals surface area contributed by atoms with Crippen LogP contribution in [0.1, 0.15) is 0 Å². The maximum atomic E-state index is 8.89. The molecular weight excluding hydrogens is 298 g/mol. The number of nitrogens with zero attached hydrogens (tertiary/aromatic N) is 2. The predicted octanol–water partition coefficient (Wildman–Crippen LogP) is 4.40. The number of rotatable bonds is 5. The van der Waals surface area contributed by atoms with E-state index in [1.165, 1.54) is 0 Å². The molecule has 0 bridgehead atoms. The van der Waals surface area contributed by atoms with E-state index in [9.17, 15) is 0 Å². The van der Waals surface area contributed by atoms with Crippen molar-refractivity contribution >= 4 is 16.5 Å². The number of pyridine rings is 1. The minimum atomic E-state index is 0.385. The van der Waals surface area contributed by atoms with Crippen molar-refractivity contribution in [3.63, 3.8) is 0 Å². The molecule has 0 unspecified atom stereocenters. The highest BCUT2D eigenvalue weighted by Crippen LogP contribution is 2.35. The lowest BCUT2D eigenvalue weighted by Gasteiger charge is -2.14. The van der Waals surface area contributed by atoms with Gasteiger partial charge in [-0.05, 0) is 29.1 Å². The molecule has 1 heterocycles. The quantitative estimate of drug-likeness (QED) is 0.709. The van der Waals surface area contributed by atoms with Gasteiger partial charge in [-0.3, -0.25) is 4.98 Å². The fourth-order valence-electron chi connectivity index (χ4n) is 2.61. The van der Waals surface area contributed by atoms with Crippen molar-refractivity contribution < 1.29 is 4.74 Å². The molecule has 0 aliphatic heterocycles. The Hall–Kier alpha value is -3.32. The number of ether oxygens (including phenoxy) is 1. The van der Waals surface area contributed by atoms with E-state index in [1.807, 2.05) is 36.5 Å². The van der Waals surface area contributed by atoms with Crippen LogP contribution < -0.4 is 10.1 Å². The average Bonchev–Trinajstić information content (AvgIpc) is 2.65. The van der Waals surface area contributed by atoms with Crippen LogP contribution in [0.2, 0.25) is 0 Å². The smallest absolute Gasteiger partial charge is 0.142 e. The molecule has 0 fully saturated rings. The van der Waals surface area contributed by atoms with Gasteiger partial charge < -0.3 is 10.1 Å². The minimum absolute atomic E-state index is 0.385. The topological polar surface area (TPSA) is 57.9 Å². The van der Waals surface area contributed by atoms with Gasteiger partial charge in [0.05, 0.1) is 18.9 Å². The molecule has 4 heteroatoms. The molecule has 0 saturated carbocycles. The third-order valence-electron chi connectivity index (χ3n) is 3.83. The molecule has 0 aliphatic rings. The number of hydrogen-bond donors (Lipinski definition) is 1. The number of aromatic nitrogens is 1. The molecule has 2 aromatic carbocycles. The molecule has 0 saturated heterocycles. The molecule has 1 N–H and O–H groups in total. The summed E-state index contributed by atoms with van der Waals surface area (Å²) in [5.74, 6) is 0.738. The number of methoxy groups -OCH3 is 1. The normalized spacial score (nSPS) is 10.2. The van der Waals surface area contributed by atoms with Gasteiger partial charge in [-0.2, -0.15) is 5.26 Å². The van der Waals surface area contributed by atoms with Gasteiger partial charge in [0, 0.05) is 35.5 Å². The summed E-state index contributed by atoms with van der Waals surface area (Å²) in [6.45, 7) is 4.09. The standard InChI is InChI=1S/C20H17N3O/c1-14(11-21)12-23-20-18-7-5-15(17-4-3-9-22-13-17)10-16(18)6-8-19(20)24-2/h3-10,13,23H,1,12H2,2H3. The molecule has 0 aliphatic carbocycles. The van der Waals surface area contributed by atoms with E-state index in [1.54, 1.807) is 13.3 Å². The zero-order chi connectivity index (χ0) is 16.9. The van der Waals surface area contributed by atoms with Crippen LogP contribution >= 0.6 is 0 Å². The Bertz CT molecular complexity index is 927. The Morgan fingerprint density at radius 1 is 1.25 bits per heavy atom. The van der Waals surface area contributed by atoms with E-state index in [4.69, 9.17) is 10.00 Å². The van der Waals surface area contributed by atoms with Crippen LogP contribution in [-0.2, 0) is 0 Å². The van der Waals surface area contributed by atoms with Gasteiger partial charge in [-0.1, -0.05) is 30.8 Å². The summed E-state index contributed by atoms with van der Waals surface area (Å²) in [5, 5.41) is 14.3. The molecule has 4 nitrogen and oxygen atoms in total. The zero-order valence-electron chi connectivity index (χ0n) is 13.4. The molecule has 0 radical (unpaired) electrons. The molecule has 0 amide bonds. The summed E-state index contributed by atoms with van der Waals surface area (Å²) < 4.78 is 5.45. The monoisotopic (exact) mass is 315 g/mol. The first kappa shape index (κ1) is 15.6. The van der Waals surface area contributed by atoms with Crippen LogP contribution in [0.5, 0.6) is 5.75 Å². The van der Waals surface area contributed by atoms with E-state index >= 15 is 0 Å². The highest BCUT2D eigenvalue weighted by molar-refractivity contribution is 5.99. The van der Waals surface area contributed by atoms with Gasteiger partial charge in [-0.15, -0.1) is 0 Å². The number of benzene rings is 2. The third-order valence-corrected chi connectivity index (χ3v) is 3.83. The average molecular weight is 315 g/mol. The van der Waals surface area contributed by atoms with Crippen molar-refractivity contribution in [1.29, 1.82) is 5.26 Å². The predicted molar refractivity (Wildman–Crippen MR) is 97.0 cm³/mol. The van der Waals surface area contributed by atoms with Crippen molar-refractivity contribution in [2.75, 3.05) is 19.0 Å². The lowest BCUT2D eigenvalue weighted by molar-refractivity contribution is 0.417. The van der Waals surface area contributed by atoms with E-state index in [2.05, 4.69) is 35.1 Å². The molecule has 3 aromatic rings. The van der Waals surface area contributed by atoms with Crippen LogP contribution in [-0.4, -0.2) is 18.6 Å². The second-order valence-electron chi connectivity index (χ2n) is 5.39. The highest BCUT2D eigenvalue weighted by Gasteiger charge is 2.09. The second-order valence-corrected chi connectivity index (χ2v) is 5.39. The van der Waals surface area contributed by atoms with Gasteiger partial charge in [0.1, 0.15) is 5.75 Å². The molecule has 3 rings (SSSR count). The van der Waals surface area contributed by atoms with Crippen molar-refractivity contribution in [3.8, 4) is 22.9 Å². The molecular formula is C20H17N3O. The van der Waals surface area contributed by atoms with Crippen molar-refractivity contribution in [1.82, 2.24) is 4.98 Å². The highest BCUT2D eigenvalue weighted by atomic mass is 16.5. The van der Waals surface area contributed by atoms with Crippen LogP contribution in [0.3, 0.4) is 0 Å². The summed E-state index contributed by atoms with van der Waals surface area (Å²) in [4.78, 5) is 4.17. The Morgan fingerprint density at radius 3 is 2.83 bits per heavy atom. The van der Waals surface area contributed by atoms with E-state index in [0.717, 1.165) is 33.3 Å². The number of nitrogens with one attached hydrogen (secondary N) is 1. The molecule has 118 valence electrons. The number of hydrogen-bond acceptors (Lipinski definition) is 4. The van der Waals surface area contributed by atoms with Crippen LogP contribution in [0, 0.1) is 11.3 Å². The summed E-state index contributed by atoms with van der Waals surface area (Å²) in [6, 6.07) is 16.2. The van der Waals surface area contributed by atoms with Gasteiger partial charge in [0.15, 0.2) is 0 Å². The second kappa shape index (κ2) is 6.84. The number of fused-ring (bicyclic) bond motifs is 1. The maximum Gasteiger partial charge on any atom is 0.142 e. The Morgan fingerprint density at radius 2 is 2.12 bits per heavy atom. The first-order chi connectivity index (χ1) is 11.7. The molecule has 24 heavy (non-hydrogen) atoms. The van der Waals surface area contributed by atoms with Crippen LogP contribution in [0.4, 0.5) is 5.69 Å². The maximum absolute atomic E-state index is 8.89. The van der Waals surface area contributed by atoms with Gasteiger partial charge in [-0.25, -0.2) is 0 Å². The van der Waals surface area contributed by atoms with Gasteiger partial charge in [0.25, 0.3) is 0 Å².